The summed E-state index contributed by atoms with van der Waals surface area (Å²) in [6.07, 6.45) is 0. The maximum atomic E-state index is 11.5. The van der Waals surface area contributed by atoms with Crippen LogP contribution in [0.5, 0.6) is 0 Å². The smallest absolute Gasteiger partial charge is 0.323 e. The van der Waals surface area contributed by atoms with Crippen LogP contribution in [0.3, 0.4) is 0 Å². The molecule has 0 unspecified atom stereocenters. The number of hydrogen-bond donors (Lipinski definition) is 1. The first kappa shape index (κ1) is 13.8. The molecule has 0 saturated heterocycles. The van der Waals surface area contributed by atoms with E-state index in [-0.39, 0.29) is 5.88 Å². The lowest BCUT2D eigenvalue weighted by Gasteiger charge is -2.17. The van der Waals surface area contributed by atoms with Crippen LogP contribution in [0, 0.1) is 0 Å². The van der Waals surface area contributed by atoms with Gasteiger partial charge in [-0.15, -0.1) is 11.6 Å². The van der Waals surface area contributed by atoms with Gasteiger partial charge in [0, 0.05) is 18.6 Å². The van der Waals surface area contributed by atoms with Crippen LogP contribution in [0.15, 0.2) is 24.3 Å². The molecule has 1 aromatic rings. The third-order valence-electron chi connectivity index (χ3n) is 2.08. The van der Waals surface area contributed by atoms with Crippen molar-refractivity contribution < 1.29 is 9.59 Å². The number of nitrogens with zero attached hydrogens (tertiary/aromatic N) is 1. The third kappa shape index (κ3) is 4.24. The summed E-state index contributed by atoms with van der Waals surface area (Å²) < 4.78 is 0. The van der Waals surface area contributed by atoms with Crippen molar-refractivity contribution in [2.45, 2.75) is 6.54 Å². The number of carbonyl (C=O) groups excluding carboxylic acids is 2. The number of amides is 3. The molecule has 0 atom stereocenters. The summed E-state index contributed by atoms with van der Waals surface area (Å²) in [6, 6.07) is 6.69. The first-order chi connectivity index (χ1) is 8.04. The van der Waals surface area contributed by atoms with Crippen LogP contribution in [-0.2, 0) is 11.3 Å². The van der Waals surface area contributed by atoms with Gasteiger partial charge >= 0.3 is 6.03 Å². The molecule has 0 bridgehead atoms. The molecule has 6 heteroatoms. The van der Waals surface area contributed by atoms with Gasteiger partial charge in [-0.05, 0) is 11.6 Å². The lowest BCUT2D eigenvalue weighted by Crippen LogP contribution is -2.40. The molecule has 92 valence electrons. The van der Waals surface area contributed by atoms with Gasteiger partial charge < -0.3 is 4.90 Å². The molecule has 0 aliphatic carbocycles. The number of imide groups is 1. The Kier molecular flexibility index (Phi) is 5.25. The molecule has 0 aliphatic heterocycles. The Morgan fingerprint density at radius 3 is 2.59 bits per heavy atom. The highest BCUT2D eigenvalue weighted by Gasteiger charge is 2.12. The number of benzene rings is 1. The van der Waals surface area contributed by atoms with Gasteiger partial charge in [0.15, 0.2) is 0 Å². The molecule has 0 radical (unpaired) electrons. The topological polar surface area (TPSA) is 49.4 Å². The summed E-state index contributed by atoms with van der Waals surface area (Å²) in [6.45, 7) is 0.321. The summed E-state index contributed by atoms with van der Waals surface area (Å²) in [4.78, 5) is 23.8. The van der Waals surface area contributed by atoms with Gasteiger partial charge in [0.1, 0.15) is 5.88 Å². The largest absolute Gasteiger partial charge is 0.324 e. The Hall–Kier alpha value is -1.26. The van der Waals surface area contributed by atoms with E-state index >= 15 is 0 Å². The maximum absolute atomic E-state index is 11.5. The molecule has 1 aromatic carbocycles. The van der Waals surface area contributed by atoms with E-state index in [4.69, 9.17) is 23.2 Å². The Balaban J connectivity index is 2.60. The molecular formula is C11H12Cl2N2O2. The second-order valence-electron chi connectivity index (χ2n) is 3.43. The summed E-state index contributed by atoms with van der Waals surface area (Å²) in [5.41, 5.74) is 0.810. The van der Waals surface area contributed by atoms with Crippen molar-refractivity contribution in [1.29, 1.82) is 0 Å². The van der Waals surface area contributed by atoms with Gasteiger partial charge in [0.25, 0.3) is 0 Å². The van der Waals surface area contributed by atoms with Gasteiger partial charge in [-0.3, -0.25) is 10.1 Å². The highest BCUT2D eigenvalue weighted by Crippen LogP contribution is 2.16. The number of alkyl halides is 1. The molecule has 0 saturated carbocycles. The standard InChI is InChI=1S/C11H12Cl2N2O2/c1-15(11(17)14-10(16)6-12)7-8-4-2-3-5-9(8)13/h2-5H,6-7H2,1H3,(H,14,16,17). The molecular weight excluding hydrogens is 263 g/mol. The first-order valence-corrected chi connectivity index (χ1v) is 5.80. The second kappa shape index (κ2) is 6.47. The zero-order chi connectivity index (χ0) is 12.8. The summed E-state index contributed by atoms with van der Waals surface area (Å²) >= 11 is 11.2. The number of urea groups is 1. The van der Waals surface area contributed by atoms with E-state index in [1.165, 1.54) is 4.90 Å². The van der Waals surface area contributed by atoms with E-state index in [1.54, 1.807) is 13.1 Å². The van der Waals surface area contributed by atoms with E-state index in [0.717, 1.165) is 5.56 Å². The maximum Gasteiger partial charge on any atom is 0.324 e. The van der Waals surface area contributed by atoms with Gasteiger partial charge in [-0.25, -0.2) is 4.79 Å². The predicted octanol–water partition coefficient (Wildman–Crippen LogP) is 2.25. The fourth-order valence-corrected chi connectivity index (χ4v) is 1.46. The summed E-state index contributed by atoms with van der Waals surface area (Å²) in [5, 5.41) is 2.72. The van der Waals surface area contributed by atoms with Crippen LogP contribution in [0.2, 0.25) is 5.02 Å². The van der Waals surface area contributed by atoms with Crippen molar-refractivity contribution in [2.24, 2.45) is 0 Å². The van der Waals surface area contributed by atoms with Crippen LogP contribution in [-0.4, -0.2) is 29.8 Å². The lowest BCUT2D eigenvalue weighted by atomic mass is 10.2. The van der Waals surface area contributed by atoms with Gasteiger partial charge in [-0.2, -0.15) is 0 Å². The van der Waals surface area contributed by atoms with Crippen molar-refractivity contribution in [3.63, 3.8) is 0 Å². The van der Waals surface area contributed by atoms with Crippen molar-refractivity contribution in [3.05, 3.63) is 34.9 Å². The Labute approximate surface area is 109 Å². The number of rotatable bonds is 3. The second-order valence-corrected chi connectivity index (χ2v) is 4.11. The molecule has 17 heavy (non-hydrogen) atoms. The Morgan fingerprint density at radius 2 is 2.00 bits per heavy atom. The number of hydrogen-bond acceptors (Lipinski definition) is 2. The molecule has 0 heterocycles. The molecule has 4 nitrogen and oxygen atoms in total. The van der Waals surface area contributed by atoms with Crippen molar-refractivity contribution >= 4 is 35.1 Å². The molecule has 0 aromatic heterocycles. The molecule has 0 spiro atoms. The summed E-state index contributed by atoms with van der Waals surface area (Å²) in [5.74, 6) is -0.770. The lowest BCUT2D eigenvalue weighted by molar-refractivity contribution is -0.117. The van der Waals surface area contributed by atoms with E-state index < -0.39 is 11.9 Å². The normalized spacial score (nSPS) is 9.82. The van der Waals surface area contributed by atoms with Crippen LogP contribution in [0.4, 0.5) is 4.79 Å². The average Bonchev–Trinajstić information content (AvgIpc) is 2.31. The van der Waals surface area contributed by atoms with Gasteiger partial charge in [-0.1, -0.05) is 29.8 Å². The van der Waals surface area contributed by atoms with E-state index in [2.05, 4.69) is 5.32 Å². The Morgan fingerprint density at radius 1 is 1.35 bits per heavy atom. The minimum atomic E-state index is -0.525. The number of nitrogens with one attached hydrogen (secondary N) is 1. The van der Waals surface area contributed by atoms with Crippen molar-refractivity contribution in [2.75, 3.05) is 12.9 Å². The minimum Gasteiger partial charge on any atom is -0.323 e. The predicted molar refractivity (Wildman–Crippen MR) is 67.2 cm³/mol. The number of halogens is 2. The van der Waals surface area contributed by atoms with Crippen molar-refractivity contribution in [3.8, 4) is 0 Å². The molecule has 3 amide bonds. The van der Waals surface area contributed by atoms with Crippen LogP contribution >= 0.6 is 23.2 Å². The monoisotopic (exact) mass is 274 g/mol. The van der Waals surface area contributed by atoms with E-state index in [9.17, 15) is 9.59 Å². The first-order valence-electron chi connectivity index (χ1n) is 4.89. The number of carbonyl (C=O) groups is 2. The molecule has 1 rings (SSSR count). The molecule has 0 fully saturated rings. The fraction of sp³-hybridized carbons (Fsp3) is 0.273. The third-order valence-corrected chi connectivity index (χ3v) is 2.69. The van der Waals surface area contributed by atoms with Crippen LogP contribution in [0.25, 0.3) is 0 Å². The van der Waals surface area contributed by atoms with E-state index in [1.807, 2.05) is 18.2 Å². The van der Waals surface area contributed by atoms with E-state index in [0.29, 0.717) is 11.6 Å². The Bertz CT molecular complexity index is 424. The highest BCUT2D eigenvalue weighted by atomic mass is 35.5. The SMILES string of the molecule is CN(Cc1ccccc1Cl)C(=O)NC(=O)CCl. The van der Waals surface area contributed by atoms with Crippen LogP contribution < -0.4 is 5.32 Å². The van der Waals surface area contributed by atoms with Gasteiger partial charge in [0.05, 0.1) is 0 Å². The molecule has 1 N–H and O–H groups in total. The van der Waals surface area contributed by atoms with Gasteiger partial charge in [0.2, 0.25) is 5.91 Å². The minimum absolute atomic E-state index is 0.244. The summed E-state index contributed by atoms with van der Waals surface area (Å²) in [7, 11) is 1.57. The van der Waals surface area contributed by atoms with Crippen LogP contribution in [0.1, 0.15) is 5.56 Å². The quantitative estimate of drug-likeness (QED) is 0.860. The zero-order valence-corrected chi connectivity index (χ0v) is 10.8. The highest BCUT2D eigenvalue weighted by molar-refractivity contribution is 6.31. The molecule has 0 aliphatic rings. The fourth-order valence-electron chi connectivity index (χ4n) is 1.20. The van der Waals surface area contributed by atoms with Crippen molar-refractivity contribution in [1.82, 2.24) is 10.2 Å². The average molecular weight is 275 g/mol. The zero-order valence-electron chi connectivity index (χ0n) is 9.24.